The minimum atomic E-state index is -0.758. The van der Waals surface area contributed by atoms with Crippen molar-refractivity contribution in [1.82, 2.24) is 4.98 Å². The van der Waals surface area contributed by atoms with Crippen molar-refractivity contribution in [3.05, 3.63) is 165 Å². The van der Waals surface area contributed by atoms with Gasteiger partial charge in [-0.2, -0.15) is 0 Å². The molecule has 5 heteroatoms. The van der Waals surface area contributed by atoms with E-state index in [9.17, 15) is 0 Å². The quantitative estimate of drug-likeness (QED) is 0.177. The Morgan fingerprint density at radius 3 is 1.74 bits per heavy atom. The first-order chi connectivity index (χ1) is 30.1. The summed E-state index contributed by atoms with van der Waals surface area (Å²) < 4.78 is 14.4. The molecular weight excluding hydrogens is 795 g/mol. The number of nitrogens with zero attached hydrogens (tertiary/aromatic N) is 3. The first kappa shape index (κ1) is 44.5. The van der Waals surface area contributed by atoms with Gasteiger partial charge in [0.05, 0.1) is 11.4 Å². The molecule has 3 heterocycles. The normalized spacial score (nSPS) is 19.9. The summed E-state index contributed by atoms with van der Waals surface area (Å²) in [5.74, 6) is 3.05. The molecule has 9 rings (SSSR count). The predicted octanol–water partition coefficient (Wildman–Crippen LogP) is 16.1. The summed E-state index contributed by atoms with van der Waals surface area (Å²) >= 11 is 0. The second kappa shape index (κ2) is 14.4. The first-order valence-electron chi connectivity index (χ1n) is 23.5. The van der Waals surface area contributed by atoms with Crippen molar-refractivity contribution < 1.29 is 9.47 Å². The van der Waals surface area contributed by atoms with E-state index >= 15 is 0 Å². The Bertz CT molecular complexity index is 2940. The lowest BCUT2D eigenvalue weighted by Gasteiger charge is -2.45. The lowest BCUT2D eigenvalue weighted by Crippen LogP contribution is -2.45. The number of rotatable bonds is 4. The Balaban J connectivity index is 1.15. The number of hydrogen-bond acceptors (Lipinski definition) is 5. The van der Waals surface area contributed by atoms with Gasteiger partial charge in [-0.05, 0) is 135 Å². The summed E-state index contributed by atoms with van der Waals surface area (Å²) in [6, 6.07) is 38.3. The van der Waals surface area contributed by atoms with Gasteiger partial charge >= 0.3 is 0 Å². The van der Waals surface area contributed by atoms with Crippen molar-refractivity contribution in [3.63, 3.8) is 0 Å². The number of benzene rings is 5. The maximum Gasteiger partial charge on any atom is 0.218 e. The molecule has 0 radical (unpaired) electrons. The van der Waals surface area contributed by atoms with Crippen LogP contribution < -0.4 is 9.64 Å². The van der Waals surface area contributed by atoms with Gasteiger partial charge in [0, 0.05) is 34.4 Å². The Morgan fingerprint density at radius 2 is 1.11 bits per heavy atom. The Kier molecular flexibility index (Phi) is 9.87. The molecule has 1 aromatic heterocycles. The van der Waals surface area contributed by atoms with E-state index in [0.29, 0.717) is 5.90 Å². The van der Waals surface area contributed by atoms with Crippen molar-refractivity contribution in [3.8, 4) is 22.6 Å². The summed E-state index contributed by atoms with van der Waals surface area (Å²) in [4.78, 5) is 13.0. The average molecular weight is 864 g/mol. The molecule has 1 aliphatic carbocycles. The van der Waals surface area contributed by atoms with Gasteiger partial charge in [0.2, 0.25) is 5.90 Å². The van der Waals surface area contributed by atoms with Crippen LogP contribution in [0.4, 0.5) is 17.2 Å². The highest BCUT2D eigenvalue weighted by atomic mass is 16.5. The molecule has 0 saturated heterocycles. The number of fused-ring (bicyclic) bond motifs is 8. The van der Waals surface area contributed by atoms with Crippen LogP contribution in [-0.2, 0) is 43.0 Å². The number of anilines is 3. The van der Waals surface area contributed by atoms with Crippen molar-refractivity contribution in [2.45, 2.75) is 156 Å². The fourth-order valence-electron chi connectivity index (χ4n) is 10.2. The minimum Gasteiger partial charge on any atom is -0.463 e. The van der Waals surface area contributed by atoms with Crippen LogP contribution in [0.15, 0.2) is 114 Å². The van der Waals surface area contributed by atoms with E-state index in [-0.39, 0.29) is 27.1 Å². The molecule has 0 N–H and O–H groups in total. The van der Waals surface area contributed by atoms with E-state index < -0.39 is 11.1 Å². The Labute approximate surface area is 389 Å². The second-order valence-corrected chi connectivity index (χ2v) is 24.1. The zero-order chi connectivity index (χ0) is 47.0. The van der Waals surface area contributed by atoms with Gasteiger partial charge in [0.25, 0.3) is 0 Å². The molecule has 5 aromatic carbocycles. The van der Waals surface area contributed by atoms with E-state index in [2.05, 4.69) is 226 Å². The third-order valence-corrected chi connectivity index (χ3v) is 14.7. The average Bonchev–Trinajstić information content (AvgIpc) is 3.51. The van der Waals surface area contributed by atoms with Gasteiger partial charge in [-0.1, -0.05) is 152 Å². The third kappa shape index (κ3) is 7.29. The lowest BCUT2D eigenvalue weighted by atomic mass is 9.64. The largest absolute Gasteiger partial charge is 0.463 e. The molecular formula is C60H69N3O2. The van der Waals surface area contributed by atoms with E-state index in [0.717, 1.165) is 50.9 Å². The van der Waals surface area contributed by atoms with Crippen LogP contribution in [0.1, 0.15) is 166 Å². The van der Waals surface area contributed by atoms with Gasteiger partial charge in [0.15, 0.2) is 5.60 Å². The smallest absolute Gasteiger partial charge is 0.218 e. The summed E-state index contributed by atoms with van der Waals surface area (Å²) in [6.07, 6.45) is 1.90. The molecule has 0 amide bonds. The number of pyridine rings is 1. The van der Waals surface area contributed by atoms with Gasteiger partial charge in [-0.3, -0.25) is 4.90 Å². The van der Waals surface area contributed by atoms with Crippen molar-refractivity contribution >= 4 is 23.1 Å². The molecule has 3 aliphatic rings. The minimum absolute atomic E-state index is 0.00629. The zero-order valence-electron chi connectivity index (χ0n) is 42.1. The van der Waals surface area contributed by atoms with Gasteiger partial charge in [-0.15, -0.1) is 0 Å². The van der Waals surface area contributed by atoms with Crippen LogP contribution in [0.2, 0.25) is 0 Å². The maximum atomic E-state index is 7.33. The van der Waals surface area contributed by atoms with Crippen molar-refractivity contribution in [2.75, 3.05) is 4.90 Å². The highest BCUT2D eigenvalue weighted by Crippen LogP contribution is 2.60. The fraction of sp³-hybridized carbons (Fsp3) is 0.400. The molecule has 336 valence electrons. The monoisotopic (exact) mass is 864 g/mol. The van der Waals surface area contributed by atoms with Gasteiger partial charge in [-0.25, -0.2) is 9.98 Å². The fourth-order valence-corrected chi connectivity index (χ4v) is 10.2. The molecule has 6 aromatic rings. The standard InChI is InChI=1S/C60H69N3O2/c1-36-27-42(63-51-25-22-40(56(8,9)10)34-50(51)58(14,15)49-19-18-26-61-52(49)63)35-43(28-36)64-44-30-37(29-41(31-44)57(11,12)13)53-62-59(16)47-23-20-38(54(2,3)4)32-45(47)46-33-39(55(5,6)7)21-24-48(46)60(59,17)65-53/h18-35H,1-17H3/t59-,60+/m1/s1. The number of ether oxygens (including phenoxy) is 2. The van der Waals surface area contributed by atoms with E-state index in [1.54, 1.807) is 0 Å². The zero-order valence-corrected chi connectivity index (χ0v) is 42.1. The summed E-state index contributed by atoms with van der Waals surface area (Å²) in [7, 11) is 0. The Hall–Kier alpha value is -5.68. The van der Waals surface area contributed by atoms with Crippen LogP contribution in [0.3, 0.4) is 0 Å². The highest BCUT2D eigenvalue weighted by molar-refractivity contribution is 5.98. The summed E-state index contributed by atoms with van der Waals surface area (Å²) in [5.41, 5.74) is 14.6. The highest BCUT2D eigenvalue weighted by Gasteiger charge is 2.59. The van der Waals surface area contributed by atoms with Crippen LogP contribution in [-0.4, -0.2) is 10.9 Å². The third-order valence-electron chi connectivity index (χ3n) is 14.7. The number of aryl methyl sites for hydroxylation is 1. The first-order valence-corrected chi connectivity index (χ1v) is 23.5. The summed E-state index contributed by atoms with van der Waals surface area (Å²) in [5, 5.41) is 0. The molecule has 0 unspecified atom stereocenters. The second-order valence-electron chi connectivity index (χ2n) is 24.1. The van der Waals surface area contributed by atoms with E-state index in [4.69, 9.17) is 19.5 Å². The molecule has 5 nitrogen and oxygen atoms in total. The van der Waals surface area contributed by atoms with Gasteiger partial charge in [0.1, 0.15) is 22.9 Å². The van der Waals surface area contributed by atoms with Crippen LogP contribution in [0.5, 0.6) is 11.5 Å². The summed E-state index contributed by atoms with van der Waals surface area (Å²) in [6.45, 7) is 38.6. The number of hydrogen-bond donors (Lipinski definition) is 0. The maximum absolute atomic E-state index is 7.33. The molecule has 0 bridgehead atoms. The van der Waals surface area contributed by atoms with Crippen molar-refractivity contribution in [2.24, 2.45) is 4.99 Å². The lowest BCUT2D eigenvalue weighted by molar-refractivity contribution is 0.0269. The number of aromatic nitrogens is 1. The molecule has 2 aliphatic heterocycles. The molecule has 2 atom stereocenters. The van der Waals surface area contributed by atoms with E-state index in [1.165, 1.54) is 44.5 Å². The van der Waals surface area contributed by atoms with Crippen LogP contribution in [0.25, 0.3) is 11.1 Å². The molecule has 0 fully saturated rings. The topological polar surface area (TPSA) is 47.0 Å². The van der Waals surface area contributed by atoms with Crippen molar-refractivity contribution in [1.29, 1.82) is 0 Å². The molecule has 0 saturated carbocycles. The van der Waals surface area contributed by atoms with Crippen LogP contribution >= 0.6 is 0 Å². The van der Waals surface area contributed by atoms with Gasteiger partial charge < -0.3 is 9.47 Å². The predicted molar refractivity (Wildman–Crippen MR) is 271 cm³/mol. The number of aliphatic imine (C=N–C) groups is 1. The SMILES string of the molecule is Cc1cc(Oc2cc(C3=N[C@]4(C)c5ccc(C(C)(C)C)cc5-c5cc(C(C)(C)C)ccc5[C@]4(C)O3)cc(C(C)(C)C)c2)cc(N2c3ccc(C(C)(C)C)cc3C(C)(C)c3cccnc32)c1. The van der Waals surface area contributed by atoms with E-state index in [1.807, 2.05) is 6.20 Å². The Morgan fingerprint density at radius 1 is 0.538 bits per heavy atom. The molecule has 0 spiro atoms. The molecule has 65 heavy (non-hydrogen) atoms. The van der Waals surface area contributed by atoms with Crippen LogP contribution in [0, 0.1) is 6.92 Å².